The van der Waals surface area contributed by atoms with E-state index in [4.69, 9.17) is 26.7 Å². The second-order valence-corrected chi connectivity index (χ2v) is 7.13. The third kappa shape index (κ3) is 5.57. The molecule has 1 aliphatic rings. The van der Waals surface area contributed by atoms with Crippen molar-refractivity contribution < 1.29 is 19.3 Å². The number of carbonyl (C=O) groups is 1. The Hall–Kier alpha value is -1.50. The summed E-state index contributed by atoms with van der Waals surface area (Å²) >= 11 is 6.65. The minimum atomic E-state index is -0.821. The SMILES string of the molecule is CC(C#N)(CCC(=O)ON1OCCO1)SC(=S)c1ccccc1. The van der Waals surface area contributed by atoms with Crippen molar-refractivity contribution in [2.75, 3.05) is 13.2 Å². The summed E-state index contributed by atoms with van der Waals surface area (Å²) in [6, 6.07) is 11.7. The van der Waals surface area contributed by atoms with Gasteiger partial charge in [-0.3, -0.25) is 4.79 Å². The molecule has 0 bridgehead atoms. The largest absolute Gasteiger partial charge is 0.330 e. The molecule has 8 heteroatoms. The van der Waals surface area contributed by atoms with Crippen molar-refractivity contribution in [3.05, 3.63) is 35.9 Å². The van der Waals surface area contributed by atoms with Gasteiger partial charge in [-0.2, -0.15) is 5.26 Å². The molecule has 6 nitrogen and oxygen atoms in total. The highest BCUT2D eigenvalue weighted by Crippen LogP contribution is 2.33. The molecule has 0 amide bonds. The Labute approximate surface area is 144 Å². The molecule has 0 aliphatic carbocycles. The van der Waals surface area contributed by atoms with Crippen LogP contribution in [0.15, 0.2) is 30.3 Å². The molecular weight excluding hydrogens is 336 g/mol. The van der Waals surface area contributed by atoms with E-state index in [0.717, 1.165) is 5.56 Å². The highest BCUT2D eigenvalue weighted by molar-refractivity contribution is 8.24. The lowest BCUT2D eigenvalue weighted by atomic mass is 10.1. The number of benzene rings is 1. The lowest BCUT2D eigenvalue weighted by Gasteiger charge is -2.21. The van der Waals surface area contributed by atoms with Gasteiger partial charge in [-0.25, -0.2) is 9.68 Å². The Morgan fingerprint density at radius 2 is 2.09 bits per heavy atom. The first-order valence-electron chi connectivity index (χ1n) is 6.99. The van der Waals surface area contributed by atoms with Gasteiger partial charge in [0.05, 0.1) is 10.3 Å². The number of nitrogens with zero attached hydrogens (tertiary/aromatic N) is 2. The molecule has 1 aromatic rings. The van der Waals surface area contributed by atoms with Crippen LogP contribution >= 0.6 is 24.0 Å². The van der Waals surface area contributed by atoms with Crippen molar-refractivity contribution in [2.24, 2.45) is 0 Å². The topological polar surface area (TPSA) is 71.8 Å². The first kappa shape index (κ1) is 17.8. The van der Waals surface area contributed by atoms with Crippen molar-refractivity contribution in [1.82, 2.24) is 5.39 Å². The normalized spacial score (nSPS) is 17.2. The van der Waals surface area contributed by atoms with Gasteiger partial charge < -0.3 is 4.84 Å². The first-order valence-corrected chi connectivity index (χ1v) is 8.21. The summed E-state index contributed by atoms with van der Waals surface area (Å²) in [4.78, 5) is 26.3. The van der Waals surface area contributed by atoms with Crippen LogP contribution in [0.25, 0.3) is 0 Å². The van der Waals surface area contributed by atoms with Gasteiger partial charge in [-0.1, -0.05) is 54.3 Å². The molecule has 1 aliphatic heterocycles. The maximum atomic E-state index is 11.7. The molecule has 1 aromatic carbocycles. The summed E-state index contributed by atoms with van der Waals surface area (Å²) in [7, 11) is 0. The Morgan fingerprint density at radius 3 is 2.70 bits per heavy atom. The number of hydrogen-bond donors (Lipinski definition) is 0. The average molecular weight is 352 g/mol. The number of thiocarbonyl (C=S) groups is 1. The maximum Gasteiger partial charge on any atom is 0.330 e. The van der Waals surface area contributed by atoms with Gasteiger partial charge in [0.1, 0.15) is 23.4 Å². The van der Waals surface area contributed by atoms with E-state index in [1.807, 2.05) is 30.3 Å². The van der Waals surface area contributed by atoms with Crippen molar-refractivity contribution in [2.45, 2.75) is 24.5 Å². The number of nitriles is 1. The van der Waals surface area contributed by atoms with Crippen LogP contribution in [0.5, 0.6) is 0 Å². The maximum absolute atomic E-state index is 11.7. The Bertz CT molecular complexity index is 599. The summed E-state index contributed by atoms with van der Waals surface area (Å²) in [6.45, 7) is 2.43. The van der Waals surface area contributed by atoms with Gasteiger partial charge in [-0.05, 0) is 18.9 Å². The minimum absolute atomic E-state index is 0.0533. The summed E-state index contributed by atoms with van der Waals surface area (Å²) in [5.41, 5.74) is 0.885. The fourth-order valence-electron chi connectivity index (χ4n) is 1.75. The fourth-order valence-corrected chi connectivity index (χ4v) is 3.35. The van der Waals surface area contributed by atoms with Crippen LogP contribution < -0.4 is 0 Å². The molecule has 0 spiro atoms. The lowest BCUT2D eigenvalue weighted by molar-refractivity contribution is -0.460. The molecule has 0 aromatic heterocycles. The molecule has 23 heavy (non-hydrogen) atoms. The summed E-state index contributed by atoms with van der Waals surface area (Å²) in [5, 5.41) is 10.1. The van der Waals surface area contributed by atoms with Gasteiger partial charge >= 0.3 is 5.97 Å². The molecule has 122 valence electrons. The van der Waals surface area contributed by atoms with E-state index >= 15 is 0 Å². The third-order valence-corrected chi connectivity index (χ3v) is 4.68. The van der Waals surface area contributed by atoms with Gasteiger partial charge in [0, 0.05) is 6.42 Å². The van der Waals surface area contributed by atoms with Crippen molar-refractivity contribution in [3.63, 3.8) is 0 Å². The second kappa shape index (κ2) is 8.38. The predicted molar refractivity (Wildman–Crippen MR) is 88.8 cm³/mol. The van der Waals surface area contributed by atoms with E-state index in [9.17, 15) is 10.1 Å². The lowest BCUT2D eigenvalue weighted by Crippen LogP contribution is -2.25. The fraction of sp³-hybridized carbons (Fsp3) is 0.400. The van der Waals surface area contributed by atoms with Crippen LogP contribution in [-0.4, -0.2) is 33.5 Å². The van der Waals surface area contributed by atoms with Crippen LogP contribution in [0.2, 0.25) is 0 Å². The van der Waals surface area contributed by atoms with E-state index in [2.05, 4.69) is 6.07 Å². The van der Waals surface area contributed by atoms with Gasteiger partial charge in [0.15, 0.2) is 0 Å². The molecular formula is C15H16N2O4S2. The quantitative estimate of drug-likeness (QED) is 0.724. The van der Waals surface area contributed by atoms with Crippen LogP contribution in [0.1, 0.15) is 25.3 Å². The molecule has 1 atom stereocenters. The molecule has 1 heterocycles. The number of rotatable bonds is 6. The van der Waals surface area contributed by atoms with E-state index < -0.39 is 10.7 Å². The van der Waals surface area contributed by atoms with Crippen molar-refractivity contribution in [1.29, 1.82) is 5.26 Å². The highest BCUT2D eigenvalue weighted by atomic mass is 32.2. The van der Waals surface area contributed by atoms with Crippen LogP contribution in [0, 0.1) is 11.3 Å². The third-order valence-electron chi connectivity index (χ3n) is 3.02. The van der Waals surface area contributed by atoms with Gasteiger partial charge in [0.25, 0.3) is 0 Å². The standard InChI is InChI=1S/C15H16N2O4S2/c1-15(11-16,23-14(22)12-5-3-2-4-6-12)8-7-13(18)21-17-19-9-10-20-17/h2-6H,7-10H2,1H3. The van der Waals surface area contributed by atoms with E-state index in [-0.39, 0.29) is 6.42 Å². The molecule has 2 rings (SSSR count). The van der Waals surface area contributed by atoms with Crippen molar-refractivity contribution in [3.8, 4) is 6.07 Å². The van der Waals surface area contributed by atoms with E-state index in [0.29, 0.717) is 29.2 Å². The zero-order chi connectivity index (χ0) is 16.7. The van der Waals surface area contributed by atoms with Crippen LogP contribution in [-0.2, 0) is 19.3 Å². The molecule has 1 fully saturated rings. The van der Waals surface area contributed by atoms with E-state index in [1.54, 1.807) is 6.92 Å². The Balaban J connectivity index is 1.86. The number of carbonyl (C=O) groups excluding carboxylic acids is 1. The monoisotopic (exact) mass is 352 g/mol. The number of thioether (sulfide) groups is 1. The predicted octanol–water partition coefficient (Wildman–Crippen LogP) is 2.79. The first-order chi connectivity index (χ1) is 11.0. The molecule has 1 unspecified atom stereocenters. The van der Waals surface area contributed by atoms with Crippen LogP contribution in [0.3, 0.4) is 0 Å². The smallest absolute Gasteiger partial charge is 0.318 e. The second-order valence-electron chi connectivity index (χ2n) is 4.95. The minimum Gasteiger partial charge on any atom is -0.318 e. The van der Waals surface area contributed by atoms with Crippen LogP contribution in [0.4, 0.5) is 0 Å². The Morgan fingerprint density at radius 1 is 1.43 bits per heavy atom. The molecule has 0 saturated carbocycles. The molecule has 1 saturated heterocycles. The van der Waals surface area contributed by atoms with E-state index in [1.165, 1.54) is 11.8 Å². The highest BCUT2D eigenvalue weighted by Gasteiger charge is 2.29. The van der Waals surface area contributed by atoms with Gasteiger partial charge in [0.2, 0.25) is 0 Å². The van der Waals surface area contributed by atoms with Crippen molar-refractivity contribution >= 4 is 34.1 Å². The average Bonchev–Trinajstić information content (AvgIpc) is 3.07. The Kier molecular flexibility index (Phi) is 6.50. The van der Waals surface area contributed by atoms with Gasteiger partial charge in [-0.15, -0.1) is 0 Å². The summed E-state index contributed by atoms with van der Waals surface area (Å²) < 4.78 is -0.201. The number of hydrogen-bond acceptors (Lipinski definition) is 8. The molecule has 0 N–H and O–H groups in total. The zero-order valence-electron chi connectivity index (χ0n) is 12.6. The summed E-state index contributed by atoms with van der Waals surface area (Å²) in [5.74, 6) is -0.528. The molecule has 0 radical (unpaired) electrons. The summed E-state index contributed by atoms with van der Waals surface area (Å²) in [6.07, 6.45) is 0.353. The zero-order valence-corrected chi connectivity index (χ0v) is 14.2.